The van der Waals surface area contributed by atoms with Gasteiger partial charge in [0.1, 0.15) is 17.5 Å². The first kappa shape index (κ1) is 30.3. The molecule has 0 aromatic carbocycles. The van der Waals surface area contributed by atoms with Crippen molar-refractivity contribution in [1.82, 2.24) is 4.98 Å². The Kier molecular flexibility index (Phi) is 10.2. The Balaban J connectivity index is 2.44. The number of allylic oxidation sites excluding steroid dienone is 1. The number of carbonyl (C=O) groups is 2. The predicted molar refractivity (Wildman–Crippen MR) is 139 cm³/mol. The van der Waals surface area contributed by atoms with E-state index in [1.165, 1.54) is 24.3 Å². The monoisotopic (exact) mass is 523 g/mol. The van der Waals surface area contributed by atoms with E-state index in [0.29, 0.717) is 17.7 Å². The molecule has 0 saturated heterocycles. The largest absolute Gasteiger partial charge is 0.458 e. The Labute approximate surface area is 217 Å². The number of hydrogen-bond acceptors (Lipinski definition) is 9. The van der Waals surface area contributed by atoms with Gasteiger partial charge in [-0.25, -0.2) is 4.98 Å². The Morgan fingerprint density at radius 2 is 1.81 bits per heavy atom. The van der Waals surface area contributed by atoms with Crippen LogP contribution in [0.1, 0.15) is 71.5 Å². The molecule has 7 atom stereocenters. The number of rotatable bonds is 2. The van der Waals surface area contributed by atoms with E-state index < -0.39 is 53.7 Å². The van der Waals surface area contributed by atoms with Crippen LogP contribution in [0.2, 0.25) is 0 Å². The van der Waals surface area contributed by atoms with Gasteiger partial charge in [-0.2, -0.15) is 0 Å². The van der Waals surface area contributed by atoms with Gasteiger partial charge in [0.15, 0.2) is 0 Å². The van der Waals surface area contributed by atoms with Crippen molar-refractivity contribution in [2.24, 2.45) is 17.3 Å². The fourth-order valence-corrected chi connectivity index (χ4v) is 4.90. The van der Waals surface area contributed by atoms with E-state index in [9.17, 15) is 30.0 Å². The van der Waals surface area contributed by atoms with E-state index in [1.807, 2.05) is 12.3 Å². The summed E-state index contributed by atoms with van der Waals surface area (Å²) in [4.78, 5) is 30.5. The zero-order chi connectivity index (χ0) is 27.4. The molecule has 1 aliphatic rings. The van der Waals surface area contributed by atoms with Crippen molar-refractivity contribution < 1.29 is 34.8 Å². The first-order chi connectivity index (χ1) is 16.6. The smallest absolute Gasteiger partial charge is 0.309 e. The molecular weight excluding hydrogens is 482 g/mol. The SMILES string of the molecule is C/C(=C\c1csc(C)n1)[C@@H]1CC(O)C(C)(O)/C=C/C[C@H](C)[C@H](O)[C@@H](C)C(=O)C(C)(C)[C@@H](O)CC(=O)O1. The number of ketones is 1. The number of carbonyl (C=O) groups excluding carboxylic acids is 2. The fraction of sp³-hybridized carbons (Fsp3) is 0.667. The number of cyclic esters (lactones) is 1. The van der Waals surface area contributed by atoms with E-state index >= 15 is 0 Å². The third-order valence-corrected chi connectivity index (χ3v) is 8.00. The summed E-state index contributed by atoms with van der Waals surface area (Å²) in [6.45, 7) is 11.6. The van der Waals surface area contributed by atoms with E-state index in [4.69, 9.17) is 4.74 Å². The number of hydrogen-bond donors (Lipinski definition) is 4. The summed E-state index contributed by atoms with van der Waals surface area (Å²) < 4.78 is 5.67. The fourth-order valence-electron chi connectivity index (χ4n) is 4.33. The lowest BCUT2D eigenvalue weighted by atomic mass is 9.73. The number of aromatic nitrogens is 1. The summed E-state index contributed by atoms with van der Waals surface area (Å²) >= 11 is 1.48. The minimum absolute atomic E-state index is 0.0951. The molecule has 8 nitrogen and oxygen atoms in total. The second kappa shape index (κ2) is 12.1. The van der Waals surface area contributed by atoms with Crippen LogP contribution in [-0.2, 0) is 14.3 Å². The summed E-state index contributed by atoms with van der Waals surface area (Å²) in [6.07, 6.45) is 0.220. The Hall–Kier alpha value is -1.91. The number of Topliss-reactive ketones (excluding diaryl/α,β-unsaturated/α-hetero) is 1. The van der Waals surface area contributed by atoms with Crippen LogP contribution in [0.15, 0.2) is 23.1 Å². The highest BCUT2D eigenvalue weighted by atomic mass is 32.1. The molecule has 1 aliphatic heterocycles. The van der Waals surface area contributed by atoms with Gasteiger partial charge in [0.25, 0.3) is 0 Å². The predicted octanol–water partition coefficient (Wildman–Crippen LogP) is 3.21. The molecule has 0 radical (unpaired) electrons. The van der Waals surface area contributed by atoms with E-state index in [2.05, 4.69) is 4.98 Å². The number of aliphatic hydroxyl groups is 4. The van der Waals surface area contributed by atoms with Crippen molar-refractivity contribution in [3.63, 3.8) is 0 Å². The summed E-state index contributed by atoms with van der Waals surface area (Å²) in [5.74, 6) is -2.20. The molecule has 9 heteroatoms. The maximum Gasteiger partial charge on any atom is 0.309 e. The van der Waals surface area contributed by atoms with Crippen molar-refractivity contribution in [3.8, 4) is 0 Å². The highest BCUT2D eigenvalue weighted by molar-refractivity contribution is 7.09. The van der Waals surface area contributed by atoms with Gasteiger partial charge in [-0.05, 0) is 44.8 Å². The van der Waals surface area contributed by atoms with Crippen LogP contribution in [0.25, 0.3) is 6.08 Å². The maximum absolute atomic E-state index is 13.2. The maximum atomic E-state index is 13.2. The molecule has 1 aromatic heterocycles. The normalized spacial score (nSPS) is 36.4. The van der Waals surface area contributed by atoms with Crippen LogP contribution in [-0.4, -0.2) is 67.2 Å². The van der Waals surface area contributed by atoms with Gasteiger partial charge in [-0.1, -0.05) is 39.8 Å². The minimum Gasteiger partial charge on any atom is -0.458 e. The molecule has 4 N–H and O–H groups in total. The first-order valence-corrected chi connectivity index (χ1v) is 13.2. The average Bonchev–Trinajstić information content (AvgIpc) is 3.20. The lowest BCUT2D eigenvalue weighted by Gasteiger charge is -2.35. The van der Waals surface area contributed by atoms with Gasteiger partial charge >= 0.3 is 5.97 Å². The standard InChI is InChI=1S/C27H41NO7S/c1-15-9-8-10-27(7,34)22(30)12-20(16(2)11-19-14-36-18(4)28-19)35-23(31)13-21(29)26(5,6)25(33)17(3)24(15)32/h8,10-11,14-15,17,20-22,24,29-30,32,34H,9,12-13H2,1-7H3/b10-8+,16-11+/t15-,17+,20-,21-,22?,24-,27?/m0/s1. The molecule has 0 spiro atoms. The second-order valence-electron chi connectivity index (χ2n) is 10.8. The third kappa shape index (κ3) is 7.55. The number of nitrogens with zero attached hydrogens (tertiary/aromatic N) is 1. The summed E-state index contributed by atoms with van der Waals surface area (Å²) in [7, 11) is 0. The zero-order valence-electron chi connectivity index (χ0n) is 22.3. The lowest BCUT2D eigenvalue weighted by Crippen LogP contribution is -2.46. The zero-order valence-corrected chi connectivity index (χ0v) is 23.1. The molecular formula is C27H41NO7S. The van der Waals surface area contributed by atoms with Crippen LogP contribution in [0.4, 0.5) is 0 Å². The molecule has 2 heterocycles. The van der Waals surface area contributed by atoms with Crippen molar-refractivity contribution in [3.05, 3.63) is 33.8 Å². The summed E-state index contributed by atoms with van der Waals surface area (Å²) in [5.41, 5.74) is -1.63. The minimum atomic E-state index is -1.63. The second-order valence-corrected chi connectivity index (χ2v) is 11.9. The van der Waals surface area contributed by atoms with E-state index in [0.717, 1.165) is 5.01 Å². The van der Waals surface area contributed by atoms with E-state index in [1.54, 1.807) is 46.8 Å². The van der Waals surface area contributed by atoms with Crippen molar-refractivity contribution in [1.29, 1.82) is 0 Å². The highest BCUT2D eigenvalue weighted by Gasteiger charge is 2.42. The summed E-state index contributed by atoms with van der Waals surface area (Å²) in [6, 6.07) is 0. The Morgan fingerprint density at radius 3 is 2.39 bits per heavy atom. The van der Waals surface area contributed by atoms with Crippen LogP contribution < -0.4 is 0 Å². The topological polar surface area (TPSA) is 137 Å². The molecule has 1 aromatic rings. The number of aliphatic hydroxyl groups excluding tert-OH is 3. The van der Waals surface area contributed by atoms with E-state index in [-0.39, 0.29) is 18.1 Å². The quantitative estimate of drug-likeness (QED) is 0.343. The van der Waals surface area contributed by atoms with Crippen molar-refractivity contribution in [2.75, 3.05) is 0 Å². The van der Waals surface area contributed by atoms with Gasteiger partial charge in [0, 0.05) is 17.7 Å². The van der Waals surface area contributed by atoms with Crippen LogP contribution >= 0.6 is 11.3 Å². The molecule has 0 saturated carbocycles. The first-order valence-electron chi connectivity index (χ1n) is 12.3. The Bertz CT molecular complexity index is 981. The molecule has 202 valence electrons. The van der Waals surface area contributed by atoms with Gasteiger partial charge in [0.2, 0.25) is 0 Å². The van der Waals surface area contributed by atoms with Gasteiger partial charge in [0.05, 0.1) is 40.8 Å². The number of thiazole rings is 1. The molecule has 0 aliphatic carbocycles. The van der Waals surface area contributed by atoms with Crippen LogP contribution in [0.3, 0.4) is 0 Å². The van der Waals surface area contributed by atoms with Gasteiger partial charge < -0.3 is 25.2 Å². The number of ether oxygens (including phenoxy) is 1. The van der Waals surface area contributed by atoms with Crippen molar-refractivity contribution in [2.45, 2.75) is 97.7 Å². The molecule has 2 unspecified atom stereocenters. The molecule has 36 heavy (non-hydrogen) atoms. The Morgan fingerprint density at radius 1 is 1.17 bits per heavy atom. The molecule has 0 amide bonds. The molecule has 2 rings (SSSR count). The number of esters is 1. The van der Waals surface area contributed by atoms with Crippen LogP contribution in [0, 0.1) is 24.2 Å². The van der Waals surface area contributed by atoms with Gasteiger partial charge in [-0.15, -0.1) is 11.3 Å². The average molecular weight is 524 g/mol. The molecule has 0 bridgehead atoms. The summed E-state index contributed by atoms with van der Waals surface area (Å²) in [5, 5.41) is 46.1. The van der Waals surface area contributed by atoms with Gasteiger partial charge in [-0.3, -0.25) is 9.59 Å². The lowest BCUT2D eigenvalue weighted by molar-refractivity contribution is -0.156. The van der Waals surface area contributed by atoms with Crippen molar-refractivity contribution >= 4 is 29.2 Å². The van der Waals surface area contributed by atoms with Crippen LogP contribution in [0.5, 0.6) is 0 Å². The molecule has 0 fully saturated rings. The third-order valence-electron chi connectivity index (χ3n) is 7.21. The highest BCUT2D eigenvalue weighted by Crippen LogP contribution is 2.32. The number of aryl methyl sites for hydroxylation is 1.